The van der Waals surface area contributed by atoms with E-state index in [1.54, 1.807) is 12.1 Å². The third kappa shape index (κ3) is 2.76. The van der Waals surface area contributed by atoms with Gasteiger partial charge in [-0.25, -0.2) is 14.2 Å². The molecular formula is C14H10FN5O2S. The zero-order valence-electron chi connectivity index (χ0n) is 11.9. The maximum absolute atomic E-state index is 13.1. The second-order valence-corrected chi connectivity index (χ2v) is 5.38. The van der Waals surface area contributed by atoms with Crippen LogP contribution in [0, 0.1) is 17.1 Å². The first-order chi connectivity index (χ1) is 11.1. The first-order valence-corrected chi connectivity index (χ1v) is 7.45. The fourth-order valence-electron chi connectivity index (χ4n) is 2.08. The number of nitrogens with one attached hydrogen (secondary N) is 1. The molecule has 0 aliphatic heterocycles. The molecule has 9 heteroatoms. The van der Waals surface area contributed by atoms with Gasteiger partial charge in [0.2, 0.25) is 5.88 Å². The molecule has 1 aromatic carbocycles. The number of halogens is 1. The van der Waals surface area contributed by atoms with Crippen LogP contribution in [-0.4, -0.2) is 32.4 Å². The van der Waals surface area contributed by atoms with Crippen LogP contribution < -0.4 is 10.4 Å². The van der Waals surface area contributed by atoms with E-state index in [-0.39, 0.29) is 23.1 Å². The van der Waals surface area contributed by atoms with E-state index in [1.807, 2.05) is 6.07 Å². The summed E-state index contributed by atoms with van der Waals surface area (Å²) in [5, 5.41) is 13.0. The third-order valence-electron chi connectivity index (χ3n) is 3.04. The molecule has 0 aliphatic carbocycles. The minimum atomic E-state index is -0.498. The molecule has 3 rings (SSSR count). The van der Waals surface area contributed by atoms with E-state index >= 15 is 0 Å². The normalized spacial score (nSPS) is 10.7. The van der Waals surface area contributed by atoms with Crippen molar-refractivity contribution < 1.29 is 9.13 Å². The summed E-state index contributed by atoms with van der Waals surface area (Å²) in [4.78, 5) is 19.0. The summed E-state index contributed by atoms with van der Waals surface area (Å²) >= 11 is 1.10. The number of thioether (sulfide) groups is 1. The molecule has 0 bridgehead atoms. The molecule has 1 N–H and O–H groups in total. The van der Waals surface area contributed by atoms with E-state index < -0.39 is 5.69 Å². The van der Waals surface area contributed by atoms with Gasteiger partial charge in [0, 0.05) is 0 Å². The van der Waals surface area contributed by atoms with E-state index in [2.05, 4.69) is 15.1 Å². The Bertz CT molecular complexity index is 958. The lowest BCUT2D eigenvalue weighted by atomic mass is 10.1. The van der Waals surface area contributed by atoms with Crippen molar-refractivity contribution in [1.82, 2.24) is 19.6 Å². The summed E-state index contributed by atoms with van der Waals surface area (Å²) in [6.45, 7) is 0. The van der Waals surface area contributed by atoms with Crippen LogP contribution in [0.1, 0.15) is 0 Å². The number of H-pyrrole nitrogens is 1. The van der Waals surface area contributed by atoms with Gasteiger partial charge >= 0.3 is 5.69 Å². The van der Waals surface area contributed by atoms with Crippen LogP contribution in [0.5, 0.6) is 5.88 Å². The first-order valence-electron chi connectivity index (χ1n) is 6.46. The fraction of sp³-hybridized carbons (Fsp3) is 0.143. The minimum absolute atomic E-state index is 0.149. The summed E-state index contributed by atoms with van der Waals surface area (Å²) in [7, 11) is 1.42. The molecule has 116 valence electrons. The smallest absolute Gasteiger partial charge is 0.350 e. The molecule has 0 aliphatic rings. The third-order valence-corrected chi connectivity index (χ3v) is 3.78. The largest absolute Gasteiger partial charge is 0.479 e. The Hall–Kier alpha value is -2.86. The van der Waals surface area contributed by atoms with Crippen molar-refractivity contribution in [2.45, 2.75) is 5.16 Å². The zero-order valence-corrected chi connectivity index (χ0v) is 12.7. The second kappa shape index (κ2) is 6.10. The average molecular weight is 331 g/mol. The van der Waals surface area contributed by atoms with Crippen molar-refractivity contribution in [1.29, 1.82) is 5.26 Å². The number of hydrogen-bond acceptors (Lipinski definition) is 6. The molecular weight excluding hydrogens is 321 g/mol. The van der Waals surface area contributed by atoms with Gasteiger partial charge in [0.15, 0.2) is 10.8 Å². The van der Waals surface area contributed by atoms with E-state index in [9.17, 15) is 9.18 Å². The van der Waals surface area contributed by atoms with E-state index in [4.69, 9.17) is 10.00 Å². The van der Waals surface area contributed by atoms with E-state index in [1.165, 1.54) is 19.2 Å². The van der Waals surface area contributed by atoms with Crippen molar-refractivity contribution in [2.24, 2.45) is 0 Å². The average Bonchev–Trinajstić information content (AvgIpc) is 2.93. The molecule has 0 atom stereocenters. The Labute approximate surface area is 133 Å². The topological polar surface area (TPSA) is 96.1 Å². The van der Waals surface area contributed by atoms with Gasteiger partial charge in [0.05, 0.1) is 24.5 Å². The predicted octanol–water partition coefficient (Wildman–Crippen LogP) is 1.85. The summed E-state index contributed by atoms with van der Waals surface area (Å²) in [6, 6.07) is 7.68. The number of aromatic amines is 1. The van der Waals surface area contributed by atoms with Crippen LogP contribution in [0.25, 0.3) is 16.8 Å². The maximum atomic E-state index is 13.1. The molecule has 2 aromatic heterocycles. The second-order valence-electron chi connectivity index (χ2n) is 4.42. The van der Waals surface area contributed by atoms with Crippen molar-refractivity contribution in [3.63, 3.8) is 0 Å². The lowest BCUT2D eigenvalue weighted by Gasteiger charge is -2.02. The molecule has 0 amide bonds. The fourth-order valence-corrected chi connectivity index (χ4v) is 2.60. The molecule has 2 heterocycles. The highest BCUT2D eigenvalue weighted by Gasteiger charge is 2.19. The first kappa shape index (κ1) is 15.1. The summed E-state index contributed by atoms with van der Waals surface area (Å²) < 4.78 is 19.4. The number of hydrogen-bond donors (Lipinski definition) is 1. The van der Waals surface area contributed by atoms with Crippen molar-refractivity contribution in [3.05, 3.63) is 40.6 Å². The molecule has 23 heavy (non-hydrogen) atoms. The van der Waals surface area contributed by atoms with Gasteiger partial charge in [-0.3, -0.25) is 4.98 Å². The molecule has 0 saturated heterocycles. The summed E-state index contributed by atoms with van der Waals surface area (Å²) in [6.07, 6.45) is 0. The molecule has 0 unspecified atom stereocenters. The zero-order chi connectivity index (χ0) is 16.4. The van der Waals surface area contributed by atoms with Crippen LogP contribution in [-0.2, 0) is 0 Å². The number of ether oxygens (including phenoxy) is 1. The van der Waals surface area contributed by atoms with Gasteiger partial charge in [-0.1, -0.05) is 23.9 Å². The van der Waals surface area contributed by atoms with Gasteiger partial charge in [-0.05, 0) is 17.7 Å². The molecule has 0 fully saturated rings. The quantitative estimate of drug-likeness (QED) is 0.733. The lowest BCUT2D eigenvalue weighted by Crippen LogP contribution is -2.19. The van der Waals surface area contributed by atoms with E-state index in [0.29, 0.717) is 16.3 Å². The van der Waals surface area contributed by atoms with E-state index in [0.717, 1.165) is 16.3 Å². The number of fused-ring (bicyclic) bond motifs is 1. The highest BCUT2D eigenvalue weighted by molar-refractivity contribution is 7.99. The molecule has 3 aromatic rings. The SMILES string of the molecule is COc1nn2c(=O)[nH]c(SCC#N)nc2c1-c1ccc(F)cc1. The van der Waals surface area contributed by atoms with Gasteiger partial charge in [0.25, 0.3) is 0 Å². The maximum Gasteiger partial charge on any atom is 0.350 e. The van der Waals surface area contributed by atoms with Crippen LogP contribution in [0.2, 0.25) is 0 Å². The number of methoxy groups -OCH3 is 1. The van der Waals surface area contributed by atoms with Crippen molar-refractivity contribution in [2.75, 3.05) is 12.9 Å². The summed E-state index contributed by atoms with van der Waals surface area (Å²) in [5.41, 5.74) is 0.879. The van der Waals surface area contributed by atoms with Crippen LogP contribution >= 0.6 is 11.8 Å². The molecule has 0 radical (unpaired) electrons. The lowest BCUT2D eigenvalue weighted by molar-refractivity contribution is 0.395. The Kier molecular flexibility index (Phi) is 3.99. The predicted molar refractivity (Wildman–Crippen MR) is 81.9 cm³/mol. The Morgan fingerprint density at radius 3 is 2.83 bits per heavy atom. The number of aromatic nitrogens is 4. The number of nitriles is 1. The number of rotatable bonds is 4. The van der Waals surface area contributed by atoms with Crippen molar-refractivity contribution in [3.8, 4) is 23.1 Å². The number of benzene rings is 1. The minimum Gasteiger partial charge on any atom is -0.479 e. The molecule has 0 saturated carbocycles. The van der Waals surface area contributed by atoms with Gasteiger partial charge in [0.1, 0.15) is 5.82 Å². The Morgan fingerprint density at radius 2 is 2.17 bits per heavy atom. The van der Waals surface area contributed by atoms with Gasteiger partial charge in [-0.2, -0.15) is 9.78 Å². The number of nitrogens with zero attached hydrogens (tertiary/aromatic N) is 4. The highest BCUT2D eigenvalue weighted by atomic mass is 32.2. The monoisotopic (exact) mass is 331 g/mol. The highest BCUT2D eigenvalue weighted by Crippen LogP contribution is 2.32. The van der Waals surface area contributed by atoms with Gasteiger partial charge < -0.3 is 4.74 Å². The Morgan fingerprint density at radius 1 is 1.43 bits per heavy atom. The molecule has 0 spiro atoms. The summed E-state index contributed by atoms with van der Waals surface area (Å²) in [5.74, 6) is -0.0201. The van der Waals surface area contributed by atoms with Crippen LogP contribution in [0.3, 0.4) is 0 Å². The molecule has 7 nitrogen and oxygen atoms in total. The van der Waals surface area contributed by atoms with Gasteiger partial charge in [-0.15, -0.1) is 5.10 Å². The van der Waals surface area contributed by atoms with Crippen molar-refractivity contribution >= 4 is 17.4 Å². The van der Waals surface area contributed by atoms with Crippen LogP contribution in [0.15, 0.2) is 34.2 Å². The van der Waals surface area contributed by atoms with Crippen LogP contribution in [0.4, 0.5) is 4.39 Å². The standard InChI is InChI=1S/C14H10FN5O2S/c1-22-12-10(8-2-4-9(15)5-3-8)11-17-13(23-7-6-16)18-14(21)20(11)19-12/h2-5H,7H2,1H3,(H,17,18,21). The Balaban J connectivity index is 2.26.